The Kier molecular flexibility index (Phi) is 4.22. The Balaban J connectivity index is 2.65. The van der Waals surface area contributed by atoms with Crippen LogP contribution in [0.15, 0.2) is 0 Å². The summed E-state index contributed by atoms with van der Waals surface area (Å²) in [6, 6.07) is 0. The molecule has 0 radical (unpaired) electrons. The lowest BCUT2D eigenvalue weighted by Crippen LogP contribution is -2.38. The van der Waals surface area contributed by atoms with Crippen molar-refractivity contribution in [2.45, 2.75) is 20.0 Å². The van der Waals surface area contributed by atoms with Gasteiger partial charge >= 0.3 is 5.97 Å². The second-order valence-corrected chi connectivity index (χ2v) is 3.58. The van der Waals surface area contributed by atoms with Crippen molar-refractivity contribution in [2.24, 2.45) is 0 Å². The van der Waals surface area contributed by atoms with E-state index >= 15 is 0 Å². The lowest BCUT2D eigenvalue weighted by molar-refractivity contribution is -0.147. The number of carbonyl (C=O) groups excluding carboxylic acids is 1. The normalized spacial score (nSPS) is 12.2. The molecule has 7 heteroatoms. The number of amides is 1. The number of carboxylic acid groups (broad SMARTS) is 1. The van der Waals surface area contributed by atoms with Crippen LogP contribution in [0.4, 0.5) is 0 Å². The smallest absolute Gasteiger partial charge is 0.334 e. The summed E-state index contributed by atoms with van der Waals surface area (Å²) in [6.45, 7) is 3.33. The minimum atomic E-state index is -1.12. The zero-order valence-corrected chi connectivity index (χ0v) is 9.90. The predicted octanol–water partition coefficient (Wildman–Crippen LogP) is -0.144. The fraction of sp³-hybridized carbons (Fsp3) is 0.500. The third-order valence-corrected chi connectivity index (χ3v) is 2.36. The Bertz CT molecular complexity index is 408. The SMILES string of the molecule is COC(CNC(=O)c1c(C)n[nH]c1C)C(=O)O. The number of aryl methyl sites for hydroxylation is 2. The molecule has 7 nitrogen and oxygen atoms in total. The van der Waals surface area contributed by atoms with Gasteiger partial charge in [0.05, 0.1) is 17.8 Å². The lowest BCUT2D eigenvalue weighted by atomic mass is 10.2. The number of H-pyrrole nitrogens is 1. The van der Waals surface area contributed by atoms with Crippen LogP contribution in [0, 0.1) is 13.8 Å². The van der Waals surface area contributed by atoms with E-state index < -0.39 is 12.1 Å². The first-order chi connectivity index (χ1) is 7.97. The average molecular weight is 241 g/mol. The first-order valence-corrected chi connectivity index (χ1v) is 5.02. The number of aliphatic carboxylic acids is 1. The first-order valence-electron chi connectivity index (χ1n) is 5.02. The van der Waals surface area contributed by atoms with Crippen LogP contribution in [0.5, 0.6) is 0 Å². The molecule has 17 heavy (non-hydrogen) atoms. The maximum atomic E-state index is 11.8. The van der Waals surface area contributed by atoms with Crippen molar-refractivity contribution in [1.82, 2.24) is 15.5 Å². The number of carbonyl (C=O) groups is 2. The van der Waals surface area contributed by atoms with Gasteiger partial charge in [-0.05, 0) is 13.8 Å². The van der Waals surface area contributed by atoms with E-state index in [-0.39, 0.29) is 12.5 Å². The van der Waals surface area contributed by atoms with Crippen molar-refractivity contribution in [2.75, 3.05) is 13.7 Å². The van der Waals surface area contributed by atoms with Gasteiger partial charge in [0.25, 0.3) is 5.91 Å². The Morgan fingerprint density at radius 3 is 2.59 bits per heavy atom. The topological polar surface area (TPSA) is 104 Å². The van der Waals surface area contributed by atoms with E-state index in [9.17, 15) is 9.59 Å². The highest BCUT2D eigenvalue weighted by Gasteiger charge is 2.20. The Labute approximate surface area is 98.2 Å². The summed E-state index contributed by atoms with van der Waals surface area (Å²) < 4.78 is 4.70. The second kappa shape index (κ2) is 5.44. The van der Waals surface area contributed by atoms with Crippen LogP contribution in [-0.2, 0) is 9.53 Å². The average Bonchev–Trinajstić information content (AvgIpc) is 2.58. The van der Waals surface area contributed by atoms with E-state index in [0.717, 1.165) is 0 Å². The van der Waals surface area contributed by atoms with Gasteiger partial charge in [0, 0.05) is 12.8 Å². The molecule has 1 aromatic rings. The van der Waals surface area contributed by atoms with Crippen molar-refractivity contribution in [1.29, 1.82) is 0 Å². The second-order valence-electron chi connectivity index (χ2n) is 3.58. The maximum Gasteiger partial charge on any atom is 0.334 e. The number of aromatic amines is 1. The molecule has 0 aliphatic rings. The van der Waals surface area contributed by atoms with Gasteiger partial charge in [-0.25, -0.2) is 4.79 Å². The third-order valence-electron chi connectivity index (χ3n) is 2.36. The van der Waals surface area contributed by atoms with E-state index in [0.29, 0.717) is 17.0 Å². The maximum absolute atomic E-state index is 11.8. The van der Waals surface area contributed by atoms with E-state index in [2.05, 4.69) is 15.5 Å². The van der Waals surface area contributed by atoms with Crippen LogP contribution in [0.1, 0.15) is 21.7 Å². The Morgan fingerprint density at radius 2 is 2.18 bits per heavy atom. The molecule has 1 heterocycles. The third kappa shape index (κ3) is 3.04. The Morgan fingerprint density at radius 1 is 1.53 bits per heavy atom. The Hall–Kier alpha value is -1.89. The van der Waals surface area contributed by atoms with Gasteiger partial charge in [-0.3, -0.25) is 9.89 Å². The zero-order chi connectivity index (χ0) is 13.0. The number of methoxy groups -OCH3 is 1. The van der Waals surface area contributed by atoms with Gasteiger partial charge in [-0.15, -0.1) is 0 Å². The minimum absolute atomic E-state index is 0.0886. The van der Waals surface area contributed by atoms with Crippen molar-refractivity contribution < 1.29 is 19.4 Å². The number of carboxylic acids is 1. The summed E-state index contributed by atoms with van der Waals surface area (Å²) >= 11 is 0. The van der Waals surface area contributed by atoms with E-state index in [1.807, 2.05) is 0 Å². The molecule has 0 aromatic carbocycles. The van der Waals surface area contributed by atoms with Gasteiger partial charge < -0.3 is 15.2 Å². The predicted molar refractivity (Wildman–Crippen MR) is 58.8 cm³/mol. The summed E-state index contributed by atoms with van der Waals surface area (Å²) in [7, 11) is 1.28. The van der Waals surface area contributed by atoms with Crippen molar-refractivity contribution >= 4 is 11.9 Å². The van der Waals surface area contributed by atoms with Crippen LogP contribution in [0.25, 0.3) is 0 Å². The molecule has 0 fully saturated rings. The molecule has 94 valence electrons. The van der Waals surface area contributed by atoms with E-state index in [1.165, 1.54) is 7.11 Å². The number of hydrogen-bond acceptors (Lipinski definition) is 4. The number of ether oxygens (including phenoxy) is 1. The molecule has 0 saturated heterocycles. The monoisotopic (exact) mass is 241 g/mol. The van der Waals surface area contributed by atoms with Crippen molar-refractivity contribution in [3.05, 3.63) is 17.0 Å². The molecule has 1 unspecified atom stereocenters. The molecular weight excluding hydrogens is 226 g/mol. The highest BCUT2D eigenvalue weighted by molar-refractivity contribution is 5.96. The molecule has 0 saturated carbocycles. The summed E-state index contributed by atoms with van der Waals surface area (Å²) in [5.74, 6) is -1.48. The molecule has 0 aliphatic carbocycles. The van der Waals surface area contributed by atoms with Crippen LogP contribution < -0.4 is 5.32 Å². The molecule has 1 amide bonds. The van der Waals surface area contributed by atoms with Gasteiger partial charge in [0.2, 0.25) is 0 Å². The summed E-state index contributed by atoms with van der Waals surface area (Å²) in [5, 5.41) is 17.8. The van der Waals surface area contributed by atoms with Gasteiger partial charge in [-0.1, -0.05) is 0 Å². The molecule has 1 rings (SSSR count). The van der Waals surface area contributed by atoms with Crippen molar-refractivity contribution in [3.8, 4) is 0 Å². The lowest BCUT2D eigenvalue weighted by Gasteiger charge is -2.11. The molecule has 1 atom stereocenters. The largest absolute Gasteiger partial charge is 0.479 e. The molecular formula is C10H15N3O4. The summed E-state index contributed by atoms with van der Waals surface area (Å²) in [6.07, 6.45) is -1.05. The van der Waals surface area contributed by atoms with Crippen molar-refractivity contribution in [3.63, 3.8) is 0 Å². The molecule has 0 aliphatic heterocycles. The minimum Gasteiger partial charge on any atom is -0.479 e. The number of aromatic nitrogens is 2. The van der Waals surface area contributed by atoms with Gasteiger partial charge in [-0.2, -0.15) is 5.10 Å². The highest BCUT2D eigenvalue weighted by atomic mass is 16.5. The molecule has 0 bridgehead atoms. The van der Waals surface area contributed by atoms with Crippen LogP contribution in [0.3, 0.4) is 0 Å². The van der Waals surface area contributed by atoms with E-state index in [1.54, 1.807) is 13.8 Å². The van der Waals surface area contributed by atoms with Crippen LogP contribution in [-0.4, -0.2) is 46.9 Å². The fourth-order valence-corrected chi connectivity index (χ4v) is 1.43. The van der Waals surface area contributed by atoms with Crippen LogP contribution >= 0.6 is 0 Å². The number of hydrogen-bond donors (Lipinski definition) is 3. The van der Waals surface area contributed by atoms with Crippen LogP contribution in [0.2, 0.25) is 0 Å². The molecule has 1 aromatic heterocycles. The number of nitrogens with zero attached hydrogens (tertiary/aromatic N) is 1. The first kappa shape index (κ1) is 13.2. The standard InChI is InChI=1S/C10H15N3O4/c1-5-8(6(2)13-12-5)9(14)11-4-7(17-3)10(15)16/h7H,4H2,1-3H3,(H,11,14)(H,12,13)(H,15,16). The summed E-state index contributed by atoms with van der Waals surface area (Å²) in [5.41, 5.74) is 1.65. The molecule has 0 spiro atoms. The number of nitrogens with one attached hydrogen (secondary N) is 2. The zero-order valence-electron chi connectivity index (χ0n) is 9.90. The van der Waals surface area contributed by atoms with E-state index in [4.69, 9.17) is 9.84 Å². The molecule has 3 N–H and O–H groups in total. The number of rotatable bonds is 5. The van der Waals surface area contributed by atoms with Gasteiger partial charge in [0.1, 0.15) is 0 Å². The fourth-order valence-electron chi connectivity index (χ4n) is 1.43. The van der Waals surface area contributed by atoms with Gasteiger partial charge in [0.15, 0.2) is 6.10 Å². The quantitative estimate of drug-likeness (QED) is 0.665. The highest BCUT2D eigenvalue weighted by Crippen LogP contribution is 2.08. The summed E-state index contributed by atoms with van der Waals surface area (Å²) in [4.78, 5) is 22.4.